The molecule has 1 aliphatic carbocycles. The van der Waals surface area contributed by atoms with Gasteiger partial charge in [-0.25, -0.2) is 0 Å². The van der Waals surface area contributed by atoms with E-state index in [1.807, 2.05) is 0 Å². The molecular weight excluding hydrogens is 705 g/mol. The first-order chi connectivity index (χ1) is 23.2. The van der Waals surface area contributed by atoms with E-state index >= 15 is 0 Å². The first-order valence-corrected chi connectivity index (χ1v) is 25.1. The molecule has 3 atom stereocenters. The second kappa shape index (κ2) is 21.3. The summed E-state index contributed by atoms with van der Waals surface area (Å²) in [6.07, 6.45) is 7.95. The van der Waals surface area contributed by atoms with Crippen LogP contribution in [0.1, 0.15) is 71.1 Å². The average molecular weight is 777 g/mol. The van der Waals surface area contributed by atoms with Crippen LogP contribution in [0.15, 0.2) is 0 Å². The van der Waals surface area contributed by atoms with Crippen LogP contribution in [0.4, 0.5) is 0 Å². The zero-order valence-corrected chi connectivity index (χ0v) is 37.0. The van der Waals surface area contributed by atoms with E-state index in [1.165, 1.54) is 0 Å². The zero-order valence-electron chi connectivity index (χ0n) is 33.0. The fourth-order valence-electron chi connectivity index (χ4n) is 8.50. The molecule has 1 fully saturated rings. The van der Waals surface area contributed by atoms with Crippen molar-refractivity contribution in [1.82, 2.24) is 0 Å². The zero-order chi connectivity index (χ0) is 37.5. The maximum Gasteiger partial charge on any atom is 0.500 e. The van der Waals surface area contributed by atoms with Crippen molar-refractivity contribution in [2.75, 3.05) is 85.3 Å². The van der Waals surface area contributed by atoms with E-state index in [9.17, 15) is 0 Å². The van der Waals surface area contributed by atoms with Gasteiger partial charge in [0.1, 0.15) is 0 Å². The van der Waals surface area contributed by atoms with Crippen molar-refractivity contribution in [2.45, 2.75) is 106 Å². The van der Waals surface area contributed by atoms with E-state index in [-0.39, 0.29) is 5.92 Å². The predicted molar refractivity (Wildman–Crippen MR) is 198 cm³/mol. The van der Waals surface area contributed by atoms with Gasteiger partial charge in [-0.05, 0) is 77.0 Å². The molecule has 18 heteroatoms. The molecule has 49 heavy (non-hydrogen) atoms. The lowest BCUT2D eigenvalue weighted by Gasteiger charge is -2.64. The highest BCUT2D eigenvalue weighted by molar-refractivity contribution is 6.61. The minimum Gasteiger partial charge on any atom is -0.377 e. The van der Waals surface area contributed by atoms with Gasteiger partial charge in [-0.15, -0.1) is 0 Å². The second-order valence-electron chi connectivity index (χ2n) is 13.4. The Morgan fingerprint density at radius 3 is 1.06 bits per heavy atom. The van der Waals surface area contributed by atoms with Gasteiger partial charge in [-0.2, -0.15) is 0 Å². The van der Waals surface area contributed by atoms with E-state index in [0.29, 0.717) is 30.6 Å². The molecule has 0 heterocycles. The van der Waals surface area contributed by atoms with Crippen molar-refractivity contribution in [1.29, 1.82) is 0 Å². The minimum atomic E-state index is -2.86. The van der Waals surface area contributed by atoms with Gasteiger partial charge in [-0.3, -0.25) is 0 Å². The Kier molecular flexibility index (Phi) is 20.5. The Morgan fingerprint density at radius 2 is 0.755 bits per heavy atom. The molecule has 1 saturated carbocycles. The highest BCUT2D eigenvalue weighted by Gasteiger charge is 2.62. The molecular formula is C31H72N2O12Si4. The van der Waals surface area contributed by atoms with E-state index in [0.717, 1.165) is 57.8 Å². The Labute approximate surface area is 302 Å². The molecule has 14 nitrogen and oxygen atoms in total. The maximum absolute atomic E-state index is 8.02. The first-order valence-electron chi connectivity index (χ1n) is 17.4. The van der Waals surface area contributed by atoms with E-state index < -0.39 is 51.7 Å². The summed E-state index contributed by atoms with van der Waals surface area (Å²) in [6.45, 7) is 2.18. The van der Waals surface area contributed by atoms with Gasteiger partial charge in [0.2, 0.25) is 0 Å². The summed E-state index contributed by atoms with van der Waals surface area (Å²) >= 11 is 0. The SMILES string of the molecule is CO[Si](CCCC1CCC(C)(N)C(CCC[Si](OC)(OC)OC)(CCC[Si](OC)(OC)OC)C1(N)CCC[Si](OC)(OC)OC)(OC)OC. The van der Waals surface area contributed by atoms with Crippen molar-refractivity contribution >= 4 is 35.2 Å². The average Bonchev–Trinajstić information content (AvgIpc) is 3.13. The number of hydrogen-bond donors (Lipinski definition) is 2. The minimum absolute atomic E-state index is 0.161. The van der Waals surface area contributed by atoms with Crippen molar-refractivity contribution < 1.29 is 53.1 Å². The molecule has 0 aromatic heterocycles. The lowest BCUT2D eigenvalue weighted by Crippen LogP contribution is -2.74. The topological polar surface area (TPSA) is 163 Å². The van der Waals surface area contributed by atoms with Crippen LogP contribution in [0.3, 0.4) is 0 Å². The summed E-state index contributed by atoms with van der Waals surface area (Å²) in [7, 11) is 8.47. The highest BCUT2D eigenvalue weighted by atomic mass is 28.4. The van der Waals surface area contributed by atoms with E-state index in [4.69, 9.17) is 64.6 Å². The van der Waals surface area contributed by atoms with Gasteiger partial charge in [0, 0.05) is 126 Å². The van der Waals surface area contributed by atoms with Crippen molar-refractivity contribution in [3.63, 3.8) is 0 Å². The summed E-state index contributed by atoms with van der Waals surface area (Å²) in [5.41, 5.74) is 13.8. The van der Waals surface area contributed by atoms with Gasteiger partial charge in [0.15, 0.2) is 0 Å². The van der Waals surface area contributed by atoms with Crippen LogP contribution < -0.4 is 11.5 Å². The number of rotatable bonds is 28. The summed E-state index contributed by atoms with van der Waals surface area (Å²) in [6, 6.07) is 2.60. The Balaban J connectivity index is 3.77. The van der Waals surface area contributed by atoms with Crippen LogP contribution in [0.5, 0.6) is 0 Å². The molecule has 0 saturated heterocycles. The van der Waals surface area contributed by atoms with Gasteiger partial charge in [0.05, 0.1) is 0 Å². The van der Waals surface area contributed by atoms with Crippen LogP contribution in [0.25, 0.3) is 0 Å². The molecule has 0 radical (unpaired) electrons. The summed E-state index contributed by atoms with van der Waals surface area (Å²) in [4.78, 5) is 0. The van der Waals surface area contributed by atoms with Crippen LogP contribution in [-0.2, 0) is 53.1 Å². The molecule has 294 valence electrons. The van der Waals surface area contributed by atoms with Crippen molar-refractivity contribution in [3.05, 3.63) is 0 Å². The van der Waals surface area contributed by atoms with Crippen molar-refractivity contribution in [3.8, 4) is 0 Å². The standard InChI is InChI=1S/C31H72N2O12Si4/c1-29(32)23-19-28(18-14-24-46(34-2,35-3)36-4)31(33,22-17-27-49(43-11,44-12)45-13)30(29,20-15-25-47(37-5,38-6)39-7)21-16-26-48(40-8,41-9)42-10/h28H,14-27,32-33H2,1-13H3. The molecule has 1 rings (SSSR count). The third-order valence-electron chi connectivity index (χ3n) is 11.7. The number of hydrogen-bond acceptors (Lipinski definition) is 14. The summed E-state index contributed by atoms with van der Waals surface area (Å²) < 4.78 is 69.7. The number of nitrogens with two attached hydrogens (primary N) is 2. The first kappa shape index (κ1) is 47.3. The van der Waals surface area contributed by atoms with Crippen LogP contribution in [0.2, 0.25) is 24.2 Å². The lowest BCUT2D eigenvalue weighted by atomic mass is 9.45. The molecule has 3 unspecified atom stereocenters. The second-order valence-corrected chi connectivity index (χ2v) is 25.8. The monoisotopic (exact) mass is 776 g/mol. The molecule has 4 N–H and O–H groups in total. The maximum atomic E-state index is 8.02. The molecule has 1 aliphatic rings. The predicted octanol–water partition coefficient (Wildman–Crippen LogP) is 4.43. The van der Waals surface area contributed by atoms with Crippen LogP contribution in [-0.4, -0.2) is 132 Å². The molecule has 0 spiro atoms. The fourth-order valence-corrected chi connectivity index (χ4v) is 15.4. The summed E-state index contributed by atoms with van der Waals surface area (Å²) in [5, 5.41) is 0. The third kappa shape index (κ3) is 10.9. The van der Waals surface area contributed by atoms with Crippen LogP contribution >= 0.6 is 0 Å². The smallest absolute Gasteiger partial charge is 0.377 e. The Bertz CT molecular complexity index is 853. The quantitative estimate of drug-likeness (QED) is 0.107. The molecule has 0 aromatic carbocycles. The molecule has 0 amide bonds. The van der Waals surface area contributed by atoms with Gasteiger partial charge >= 0.3 is 35.2 Å². The molecule has 0 aliphatic heterocycles. The van der Waals surface area contributed by atoms with Gasteiger partial charge < -0.3 is 64.6 Å². The third-order valence-corrected chi connectivity index (χ3v) is 23.1. The van der Waals surface area contributed by atoms with E-state index in [2.05, 4.69) is 6.92 Å². The fraction of sp³-hybridized carbons (Fsp3) is 1.00. The van der Waals surface area contributed by atoms with Gasteiger partial charge in [0.25, 0.3) is 0 Å². The largest absolute Gasteiger partial charge is 0.500 e. The Hall–Kier alpha value is 0.308. The molecule has 0 aromatic rings. The Morgan fingerprint density at radius 1 is 0.469 bits per heavy atom. The highest BCUT2D eigenvalue weighted by Crippen LogP contribution is 2.59. The lowest BCUT2D eigenvalue weighted by molar-refractivity contribution is -0.0767. The normalized spacial score (nSPS) is 23.7. The summed E-state index contributed by atoms with van der Waals surface area (Å²) in [5.74, 6) is 0.161. The van der Waals surface area contributed by atoms with E-state index in [1.54, 1.807) is 85.3 Å². The molecule has 0 bridgehead atoms. The van der Waals surface area contributed by atoms with Crippen molar-refractivity contribution in [2.24, 2.45) is 22.8 Å². The van der Waals surface area contributed by atoms with Crippen LogP contribution in [0, 0.1) is 11.3 Å². The van der Waals surface area contributed by atoms with Gasteiger partial charge in [-0.1, -0.05) is 0 Å².